The van der Waals surface area contributed by atoms with Gasteiger partial charge in [-0.3, -0.25) is 4.90 Å². The molecule has 248 valence electrons. The molecule has 5 aromatic rings. The highest BCUT2D eigenvalue weighted by molar-refractivity contribution is 7.89. The lowest BCUT2D eigenvalue weighted by molar-refractivity contribution is -0.276. The Bertz CT molecular complexity index is 1780. The Morgan fingerprint density at radius 3 is 1.73 bits per heavy atom. The van der Waals surface area contributed by atoms with Crippen molar-refractivity contribution in [3.8, 4) is 0 Å². The second kappa shape index (κ2) is 15.8. The van der Waals surface area contributed by atoms with Crippen LogP contribution in [0.1, 0.15) is 52.7 Å². The highest BCUT2D eigenvalue weighted by atomic mass is 32.2. The van der Waals surface area contributed by atoms with Crippen LogP contribution in [0.15, 0.2) is 144 Å². The molecule has 1 aliphatic rings. The third kappa shape index (κ3) is 8.65. The first-order chi connectivity index (χ1) is 23.4. The quantitative estimate of drug-likeness (QED) is 0.139. The number of aliphatic hydroxyl groups excluding tert-OH is 1. The van der Waals surface area contributed by atoms with E-state index in [1.807, 2.05) is 60.7 Å². The maximum atomic E-state index is 12.7. The van der Waals surface area contributed by atoms with E-state index in [0.29, 0.717) is 6.54 Å². The molecule has 5 aromatic carbocycles. The Labute approximate surface area is 283 Å². The zero-order chi connectivity index (χ0) is 33.3. The van der Waals surface area contributed by atoms with Crippen molar-refractivity contribution in [3.05, 3.63) is 173 Å². The zero-order valence-electron chi connectivity index (χ0n) is 27.1. The largest absolute Gasteiger partial charge is 0.392 e. The van der Waals surface area contributed by atoms with Crippen molar-refractivity contribution in [1.82, 2.24) is 9.62 Å². The first-order valence-corrected chi connectivity index (χ1v) is 17.8. The predicted octanol–water partition coefficient (Wildman–Crippen LogP) is 7.15. The molecule has 2 N–H and O–H groups in total. The van der Waals surface area contributed by atoms with Crippen molar-refractivity contribution in [2.75, 3.05) is 6.54 Å². The van der Waals surface area contributed by atoms with E-state index in [9.17, 15) is 13.5 Å². The van der Waals surface area contributed by atoms with Crippen molar-refractivity contribution in [3.63, 3.8) is 0 Å². The number of sulfonamides is 1. The molecule has 0 bridgehead atoms. The lowest BCUT2D eigenvalue weighted by atomic mass is 9.89. The molecular weight excluding hydrogens is 621 g/mol. The minimum Gasteiger partial charge on any atom is -0.392 e. The Balaban J connectivity index is 1.23. The molecule has 4 unspecified atom stereocenters. The van der Waals surface area contributed by atoms with Crippen LogP contribution in [0.4, 0.5) is 0 Å². The topological polar surface area (TPSA) is 88.1 Å². The van der Waals surface area contributed by atoms with E-state index in [0.717, 1.165) is 35.3 Å². The van der Waals surface area contributed by atoms with Crippen LogP contribution < -0.4 is 4.72 Å². The van der Waals surface area contributed by atoms with Crippen LogP contribution in [-0.2, 0) is 45.7 Å². The Morgan fingerprint density at radius 2 is 1.17 bits per heavy atom. The zero-order valence-corrected chi connectivity index (χ0v) is 27.9. The van der Waals surface area contributed by atoms with Gasteiger partial charge < -0.3 is 14.6 Å². The molecule has 0 aliphatic carbocycles. The van der Waals surface area contributed by atoms with E-state index in [2.05, 4.69) is 65.1 Å². The fourth-order valence-corrected chi connectivity index (χ4v) is 7.14. The summed E-state index contributed by atoms with van der Waals surface area (Å²) in [7, 11) is -3.62. The molecule has 0 spiro atoms. The van der Waals surface area contributed by atoms with Crippen LogP contribution in [0.2, 0.25) is 0 Å². The third-order valence-corrected chi connectivity index (χ3v) is 10.2. The normalized spacial score (nSPS) is 19.7. The Kier molecular flexibility index (Phi) is 11.1. The lowest BCUT2D eigenvalue weighted by Gasteiger charge is -2.43. The number of nitrogens with zero attached hydrogens (tertiary/aromatic N) is 1. The van der Waals surface area contributed by atoms with Gasteiger partial charge in [-0.2, -0.15) is 0 Å². The average molecular weight is 663 g/mol. The Morgan fingerprint density at radius 1 is 0.646 bits per heavy atom. The van der Waals surface area contributed by atoms with Gasteiger partial charge in [-0.05, 0) is 39.9 Å². The molecule has 0 saturated carbocycles. The first kappa shape index (κ1) is 33.7. The fraction of sp³-hybridized carbons (Fsp3) is 0.250. The average Bonchev–Trinajstić information content (AvgIpc) is 3.13. The molecule has 48 heavy (non-hydrogen) atoms. The highest BCUT2D eigenvalue weighted by Crippen LogP contribution is 2.42. The summed E-state index contributed by atoms with van der Waals surface area (Å²) in [6.07, 6.45) is -1.02. The van der Waals surface area contributed by atoms with Gasteiger partial charge in [0.2, 0.25) is 10.0 Å². The number of aliphatic hydroxyl groups is 1. The SMILES string of the molecule is CC1C(CN(Cc2ccccc2)Cc2ccccc2)OC(c2ccc(CNS(=O)(=O)c3ccccc3)cc2)OC1c1ccc(CO)cc1. The van der Waals surface area contributed by atoms with Gasteiger partial charge in [-0.1, -0.05) is 134 Å². The predicted molar refractivity (Wildman–Crippen MR) is 187 cm³/mol. The van der Waals surface area contributed by atoms with Crippen molar-refractivity contribution in [2.24, 2.45) is 5.92 Å². The molecule has 1 saturated heterocycles. The van der Waals surface area contributed by atoms with E-state index >= 15 is 0 Å². The second-order valence-corrected chi connectivity index (χ2v) is 14.1. The van der Waals surface area contributed by atoms with Crippen molar-refractivity contribution >= 4 is 10.0 Å². The summed E-state index contributed by atoms with van der Waals surface area (Å²) in [5.41, 5.74) is 6.03. The molecule has 1 heterocycles. The van der Waals surface area contributed by atoms with Gasteiger partial charge in [-0.25, -0.2) is 13.1 Å². The van der Waals surface area contributed by atoms with Crippen molar-refractivity contribution in [1.29, 1.82) is 0 Å². The minimum atomic E-state index is -3.62. The molecular formula is C40H42N2O5S. The van der Waals surface area contributed by atoms with Gasteiger partial charge in [0, 0.05) is 37.7 Å². The van der Waals surface area contributed by atoms with E-state index in [-0.39, 0.29) is 36.2 Å². The van der Waals surface area contributed by atoms with Gasteiger partial charge in [0.25, 0.3) is 0 Å². The number of benzene rings is 5. The van der Waals surface area contributed by atoms with E-state index < -0.39 is 16.3 Å². The lowest BCUT2D eigenvalue weighted by Crippen LogP contribution is -2.44. The maximum Gasteiger partial charge on any atom is 0.240 e. The molecule has 1 aliphatic heterocycles. The molecule has 8 heteroatoms. The number of hydrogen-bond acceptors (Lipinski definition) is 6. The number of nitrogens with one attached hydrogen (secondary N) is 1. The van der Waals surface area contributed by atoms with Crippen molar-refractivity contribution in [2.45, 2.75) is 56.6 Å². The van der Waals surface area contributed by atoms with E-state index in [1.54, 1.807) is 30.3 Å². The van der Waals surface area contributed by atoms with Crippen LogP contribution in [0.3, 0.4) is 0 Å². The highest BCUT2D eigenvalue weighted by Gasteiger charge is 2.39. The number of hydrogen-bond donors (Lipinski definition) is 2. The van der Waals surface area contributed by atoms with Crippen LogP contribution in [0, 0.1) is 5.92 Å². The molecule has 1 fully saturated rings. The van der Waals surface area contributed by atoms with E-state index in [4.69, 9.17) is 9.47 Å². The van der Waals surface area contributed by atoms with Crippen LogP contribution in [0.5, 0.6) is 0 Å². The summed E-state index contributed by atoms with van der Waals surface area (Å²) in [6.45, 7) is 4.56. The van der Waals surface area contributed by atoms with Gasteiger partial charge in [-0.15, -0.1) is 0 Å². The van der Waals surface area contributed by atoms with Crippen LogP contribution >= 0.6 is 0 Å². The fourth-order valence-electron chi connectivity index (χ4n) is 6.10. The van der Waals surface area contributed by atoms with Crippen LogP contribution in [0.25, 0.3) is 0 Å². The maximum absolute atomic E-state index is 12.7. The second-order valence-electron chi connectivity index (χ2n) is 12.3. The van der Waals surface area contributed by atoms with E-state index in [1.165, 1.54) is 11.1 Å². The van der Waals surface area contributed by atoms with Gasteiger partial charge in [0.05, 0.1) is 23.7 Å². The number of rotatable bonds is 13. The van der Waals surface area contributed by atoms with Gasteiger partial charge in [0.1, 0.15) is 0 Å². The molecule has 6 rings (SSSR count). The molecule has 0 radical (unpaired) electrons. The molecule has 7 nitrogen and oxygen atoms in total. The summed E-state index contributed by atoms with van der Waals surface area (Å²) in [5, 5.41) is 9.63. The molecule has 4 atom stereocenters. The van der Waals surface area contributed by atoms with Crippen molar-refractivity contribution < 1.29 is 23.0 Å². The summed E-state index contributed by atoms with van der Waals surface area (Å²) in [4.78, 5) is 2.67. The number of ether oxygens (including phenoxy) is 2. The molecule has 0 amide bonds. The summed E-state index contributed by atoms with van der Waals surface area (Å²) >= 11 is 0. The Hall–Kier alpha value is -4.15. The summed E-state index contributed by atoms with van der Waals surface area (Å²) in [5.74, 6) is 0.0296. The minimum absolute atomic E-state index is 0.0164. The van der Waals surface area contributed by atoms with Gasteiger partial charge in [0.15, 0.2) is 6.29 Å². The third-order valence-electron chi connectivity index (χ3n) is 8.83. The summed E-state index contributed by atoms with van der Waals surface area (Å²) < 4.78 is 41.7. The monoisotopic (exact) mass is 662 g/mol. The van der Waals surface area contributed by atoms with Crippen LogP contribution in [-0.4, -0.2) is 31.1 Å². The standard InChI is InChI=1S/C40H42N2O5S/c1-30-38(28-42(26-32-11-5-2-6-12-32)27-33-13-7-3-8-14-33)46-40(47-39(30)35-21-19-34(29-43)20-22-35)36-23-17-31(18-24-36)25-41-48(44,45)37-15-9-4-10-16-37/h2-24,30,38-41,43H,25-29H2,1H3. The molecule has 0 aromatic heterocycles. The van der Waals surface area contributed by atoms with Gasteiger partial charge >= 0.3 is 0 Å². The smallest absolute Gasteiger partial charge is 0.240 e. The summed E-state index contributed by atoms with van der Waals surface area (Å²) in [6, 6.07) is 45.0. The first-order valence-electron chi connectivity index (χ1n) is 16.3.